The fraction of sp³-hybridized carbons (Fsp3) is 0.529. The molecule has 1 heterocycles. The van der Waals surface area contributed by atoms with Gasteiger partial charge in [-0.3, -0.25) is 9.59 Å². The topological polar surface area (TPSA) is 84.2 Å². The highest BCUT2D eigenvalue weighted by Crippen LogP contribution is 2.24. The Bertz CT molecular complexity index is 573. The fourth-order valence-electron chi connectivity index (χ4n) is 2.92. The number of primary amides is 1. The monoisotopic (exact) mass is 337 g/mol. The van der Waals surface area contributed by atoms with Crippen LogP contribution in [0.25, 0.3) is 0 Å². The SMILES string of the molecule is CC(NC(=O)CCC1CCNCC1)(C(N)=O)c1cccc(Cl)c1. The van der Waals surface area contributed by atoms with Crippen LogP contribution in [0.15, 0.2) is 24.3 Å². The zero-order valence-corrected chi connectivity index (χ0v) is 14.2. The van der Waals surface area contributed by atoms with Gasteiger partial charge in [0.25, 0.3) is 0 Å². The van der Waals surface area contributed by atoms with E-state index in [2.05, 4.69) is 10.6 Å². The van der Waals surface area contributed by atoms with Gasteiger partial charge in [0.1, 0.15) is 5.54 Å². The van der Waals surface area contributed by atoms with Gasteiger partial charge in [-0.25, -0.2) is 0 Å². The van der Waals surface area contributed by atoms with Gasteiger partial charge in [-0.1, -0.05) is 23.7 Å². The number of nitrogens with one attached hydrogen (secondary N) is 2. The fourth-order valence-corrected chi connectivity index (χ4v) is 3.11. The van der Waals surface area contributed by atoms with E-state index in [0.29, 0.717) is 22.9 Å². The number of halogens is 1. The van der Waals surface area contributed by atoms with Crippen LogP contribution in [0.5, 0.6) is 0 Å². The quantitative estimate of drug-likeness (QED) is 0.741. The summed E-state index contributed by atoms with van der Waals surface area (Å²) < 4.78 is 0. The summed E-state index contributed by atoms with van der Waals surface area (Å²) in [6.45, 7) is 3.63. The highest BCUT2D eigenvalue weighted by molar-refractivity contribution is 6.30. The third-order valence-electron chi connectivity index (χ3n) is 4.52. The number of amides is 2. The Kier molecular flexibility index (Phi) is 6.02. The molecule has 1 aromatic carbocycles. The van der Waals surface area contributed by atoms with E-state index in [1.807, 2.05) is 0 Å². The summed E-state index contributed by atoms with van der Waals surface area (Å²) in [7, 11) is 0. The van der Waals surface area contributed by atoms with Crippen molar-refractivity contribution in [1.82, 2.24) is 10.6 Å². The maximum absolute atomic E-state index is 12.3. The minimum atomic E-state index is -1.25. The maximum atomic E-state index is 12.3. The Balaban J connectivity index is 2.00. The van der Waals surface area contributed by atoms with Crippen molar-refractivity contribution in [3.8, 4) is 0 Å². The van der Waals surface area contributed by atoms with Gasteiger partial charge in [-0.15, -0.1) is 0 Å². The minimum absolute atomic E-state index is 0.162. The van der Waals surface area contributed by atoms with Crippen LogP contribution in [0, 0.1) is 5.92 Å². The Morgan fingerprint density at radius 1 is 1.39 bits per heavy atom. The van der Waals surface area contributed by atoms with E-state index < -0.39 is 11.4 Å². The molecule has 23 heavy (non-hydrogen) atoms. The predicted octanol–water partition coefficient (Wildman–Crippen LogP) is 1.94. The van der Waals surface area contributed by atoms with Crippen LogP contribution in [0.2, 0.25) is 5.02 Å². The molecule has 0 aliphatic carbocycles. The molecule has 0 spiro atoms. The van der Waals surface area contributed by atoms with Gasteiger partial charge in [0.05, 0.1) is 0 Å². The average molecular weight is 338 g/mol. The maximum Gasteiger partial charge on any atom is 0.247 e. The lowest BCUT2D eigenvalue weighted by atomic mass is 9.90. The zero-order chi connectivity index (χ0) is 16.9. The Morgan fingerprint density at radius 3 is 2.70 bits per heavy atom. The predicted molar refractivity (Wildman–Crippen MR) is 91.0 cm³/mol. The summed E-state index contributed by atoms with van der Waals surface area (Å²) in [5.74, 6) is -0.201. The van der Waals surface area contributed by atoms with Crippen LogP contribution < -0.4 is 16.4 Å². The second kappa shape index (κ2) is 7.79. The van der Waals surface area contributed by atoms with Crippen LogP contribution in [0.1, 0.15) is 38.2 Å². The van der Waals surface area contributed by atoms with Crippen molar-refractivity contribution in [1.29, 1.82) is 0 Å². The second-order valence-corrected chi connectivity index (χ2v) is 6.72. The normalized spacial score (nSPS) is 18.2. The zero-order valence-electron chi connectivity index (χ0n) is 13.4. The number of rotatable bonds is 6. The number of benzene rings is 1. The molecular weight excluding hydrogens is 314 g/mol. The molecule has 1 saturated heterocycles. The first kappa shape index (κ1) is 17.8. The summed E-state index contributed by atoms with van der Waals surface area (Å²) in [5, 5.41) is 6.60. The molecule has 126 valence electrons. The molecule has 1 aliphatic heterocycles. The van der Waals surface area contributed by atoms with E-state index in [-0.39, 0.29) is 5.91 Å². The van der Waals surface area contributed by atoms with E-state index in [9.17, 15) is 9.59 Å². The number of carbonyl (C=O) groups excluding carboxylic acids is 2. The van der Waals surface area contributed by atoms with Crippen LogP contribution >= 0.6 is 11.6 Å². The smallest absolute Gasteiger partial charge is 0.247 e. The van der Waals surface area contributed by atoms with Crippen LogP contribution in [0.4, 0.5) is 0 Å². The third-order valence-corrected chi connectivity index (χ3v) is 4.76. The minimum Gasteiger partial charge on any atom is -0.367 e. The lowest BCUT2D eigenvalue weighted by Crippen LogP contribution is -2.52. The molecule has 0 bridgehead atoms. The van der Waals surface area contributed by atoms with E-state index >= 15 is 0 Å². The average Bonchev–Trinajstić information content (AvgIpc) is 2.53. The standard InChI is InChI=1S/C17H24ClN3O2/c1-17(16(19)23,13-3-2-4-14(18)11-13)21-15(22)6-5-12-7-9-20-10-8-12/h2-4,11-12,20H,5-10H2,1H3,(H2,19,23)(H,21,22). The van der Waals surface area contributed by atoms with Gasteiger partial charge in [0.15, 0.2) is 0 Å². The molecule has 0 radical (unpaired) electrons. The summed E-state index contributed by atoms with van der Waals surface area (Å²) in [5.41, 5.74) is 4.87. The number of carbonyl (C=O) groups is 2. The molecule has 6 heteroatoms. The van der Waals surface area contributed by atoms with Crippen molar-refractivity contribution in [2.75, 3.05) is 13.1 Å². The number of hydrogen-bond donors (Lipinski definition) is 3. The highest BCUT2D eigenvalue weighted by atomic mass is 35.5. The third kappa shape index (κ3) is 4.69. The summed E-state index contributed by atoms with van der Waals surface area (Å²) in [6.07, 6.45) is 3.41. The van der Waals surface area contributed by atoms with Crippen molar-refractivity contribution in [3.63, 3.8) is 0 Å². The summed E-state index contributed by atoms with van der Waals surface area (Å²) in [6, 6.07) is 6.84. The molecule has 2 amide bonds. The number of piperidine rings is 1. The molecule has 1 fully saturated rings. The first-order chi connectivity index (χ1) is 10.9. The highest BCUT2D eigenvalue weighted by Gasteiger charge is 2.35. The molecule has 1 aliphatic rings. The van der Waals surface area contributed by atoms with Gasteiger partial charge >= 0.3 is 0 Å². The van der Waals surface area contributed by atoms with E-state index in [0.717, 1.165) is 32.4 Å². The van der Waals surface area contributed by atoms with Crippen LogP contribution in [-0.4, -0.2) is 24.9 Å². The van der Waals surface area contributed by atoms with Gasteiger partial charge in [-0.05, 0) is 62.9 Å². The summed E-state index contributed by atoms with van der Waals surface area (Å²) in [4.78, 5) is 24.2. The molecule has 2 rings (SSSR count). The van der Waals surface area contributed by atoms with Crippen molar-refractivity contribution in [2.24, 2.45) is 11.7 Å². The van der Waals surface area contributed by atoms with E-state index in [1.54, 1.807) is 31.2 Å². The Labute approximate surface area is 142 Å². The molecule has 0 aromatic heterocycles. The van der Waals surface area contributed by atoms with Gasteiger partial charge < -0.3 is 16.4 Å². The lowest BCUT2D eigenvalue weighted by Gasteiger charge is -2.29. The summed E-state index contributed by atoms with van der Waals surface area (Å²) >= 11 is 5.98. The van der Waals surface area contributed by atoms with Gasteiger partial charge in [0.2, 0.25) is 11.8 Å². The van der Waals surface area contributed by atoms with Crippen molar-refractivity contribution < 1.29 is 9.59 Å². The largest absolute Gasteiger partial charge is 0.367 e. The molecule has 1 aromatic rings. The number of hydrogen-bond acceptors (Lipinski definition) is 3. The second-order valence-electron chi connectivity index (χ2n) is 6.28. The Hall–Kier alpha value is -1.59. The van der Waals surface area contributed by atoms with Gasteiger partial charge in [0, 0.05) is 11.4 Å². The van der Waals surface area contributed by atoms with E-state index in [1.165, 1.54) is 0 Å². The van der Waals surface area contributed by atoms with E-state index in [4.69, 9.17) is 17.3 Å². The first-order valence-corrected chi connectivity index (χ1v) is 8.37. The van der Waals surface area contributed by atoms with Crippen molar-refractivity contribution in [2.45, 2.75) is 38.1 Å². The molecule has 4 N–H and O–H groups in total. The molecule has 0 saturated carbocycles. The molecule has 1 unspecified atom stereocenters. The van der Waals surface area contributed by atoms with Crippen molar-refractivity contribution in [3.05, 3.63) is 34.9 Å². The lowest BCUT2D eigenvalue weighted by molar-refractivity contribution is -0.131. The van der Waals surface area contributed by atoms with Crippen LogP contribution in [-0.2, 0) is 15.1 Å². The Morgan fingerprint density at radius 2 is 2.09 bits per heavy atom. The van der Waals surface area contributed by atoms with Crippen molar-refractivity contribution >= 4 is 23.4 Å². The molecule has 5 nitrogen and oxygen atoms in total. The number of nitrogens with two attached hydrogens (primary N) is 1. The van der Waals surface area contributed by atoms with Gasteiger partial charge in [-0.2, -0.15) is 0 Å². The molecular formula is C17H24ClN3O2. The first-order valence-electron chi connectivity index (χ1n) is 7.99. The molecule has 1 atom stereocenters. The van der Waals surface area contributed by atoms with Crippen LogP contribution in [0.3, 0.4) is 0 Å².